The molecule has 0 aliphatic heterocycles. The first kappa shape index (κ1) is 13.4. The molecule has 0 aliphatic carbocycles. The third-order valence-electron chi connectivity index (χ3n) is 2.54. The van der Waals surface area contributed by atoms with Gasteiger partial charge in [0.15, 0.2) is 0 Å². The van der Waals surface area contributed by atoms with Gasteiger partial charge in [0.05, 0.1) is 20.6 Å². The fraction of sp³-hybridized carbons (Fsp3) is 0.462. The number of ether oxygens (including phenoxy) is 2. The lowest BCUT2D eigenvalue weighted by molar-refractivity contribution is -0.136. The average Bonchev–Trinajstić information content (AvgIpc) is 2.30. The van der Waals surface area contributed by atoms with Gasteiger partial charge in [0.25, 0.3) is 0 Å². The monoisotopic (exact) mass is 238 g/mol. The highest BCUT2D eigenvalue weighted by atomic mass is 16.5. The van der Waals surface area contributed by atoms with Crippen molar-refractivity contribution in [1.29, 1.82) is 0 Å². The van der Waals surface area contributed by atoms with Crippen LogP contribution < -0.4 is 9.47 Å². The van der Waals surface area contributed by atoms with Crippen molar-refractivity contribution in [2.24, 2.45) is 0 Å². The number of carboxylic acids is 1. The summed E-state index contributed by atoms with van der Waals surface area (Å²) < 4.78 is 10.5. The van der Waals surface area contributed by atoms with Crippen LogP contribution in [0, 0.1) is 0 Å². The van der Waals surface area contributed by atoms with Gasteiger partial charge in [0.2, 0.25) is 0 Å². The van der Waals surface area contributed by atoms with Gasteiger partial charge >= 0.3 is 5.97 Å². The standard InChI is InChI=1S/C13H18O4/c1-4-5-9-6-12(17-3)10(8-13(14)15)7-11(9)16-2/h6-7H,4-5,8H2,1-3H3,(H,14,15). The molecule has 1 aromatic carbocycles. The molecular formula is C13H18O4. The van der Waals surface area contributed by atoms with Gasteiger partial charge in [-0.25, -0.2) is 0 Å². The van der Waals surface area contributed by atoms with Crippen molar-refractivity contribution in [2.45, 2.75) is 26.2 Å². The normalized spacial score (nSPS) is 10.1. The lowest BCUT2D eigenvalue weighted by Crippen LogP contribution is -2.04. The van der Waals surface area contributed by atoms with E-state index in [0.29, 0.717) is 11.3 Å². The fourth-order valence-electron chi connectivity index (χ4n) is 1.79. The van der Waals surface area contributed by atoms with Crippen LogP contribution in [0.1, 0.15) is 24.5 Å². The Labute approximate surface area is 101 Å². The smallest absolute Gasteiger partial charge is 0.307 e. The van der Waals surface area contributed by atoms with Gasteiger partial charge in [-0.1, -0.05) is 13.3 Å². The minimum atomic E-state index is -0.881. The summed E-state index contributed by atoms with van der Waals surface area (Å²) in [5, 5.41) is 8.83. The minimum Gasteiger partial charge on any atom is -0.496 e. The first-order valence-electron chi connectivity index (χ1n) is 5.57. The summed E-state index contributed by atoms with van der Waals surface area (Å²) in [6.45, 7) is 2.08. The number of carbonyl (C=O) groups is 1. The zero-order valence-corrected chi connectivity index (χ0v) is 10.4. The number of hydrogen-bond donors (Lipinski definition) is 1. The Bertz CT molecular complexity index is 399. The predicted molar refractivity (Wildman–Crippen MR) is 64.9 cm³/mol. The molecule has 0 saturated carbocycles. The van der Waals surface area contributed by atoms with Gasteiger partial charge in [-0.3, -0.25) is 4.79 Å². The Morgan fingerprint density at radius 3 is 2.18 bits per heavy atom. The van der Waals surface area contributed by atoms with Crippen LogP contribution in [-0.2, 0) is 17.6 Å². The minimum absolute atomic E-state index is 0.0636. The summed E-state index contributed by atoms with van der Waals surface area (Å²) in [7, 11) is 3.13. The summed E-state index contributed by atoms with van der Waals surface area (Å²) >= 11 is 0. The van der Waals surface area contributed by atoms with E-state index < -0.39 is 5.97 Å². The average molecular weight is 238 g/mol. The molecule has 4 nitrogen and oxygen atoms in total. The molecule has 0 amide bonds. The highest BCUT2D eigenvalue weighted by Gasteiger charge is 2.13. The Balaban J connectivity index is 3.17. The number of aryl methyl sites for hydroxylation is 1. The van der Waals surface area contributed by atoms with Gasteiger partial charge in [-0.2, -0.15) is 0 Å². The summed E-state index contributed by atoms with van der Waals surface area (Å²) in [4.78, 5) is 10.8. The van der Waals surface area contributed by atoms with E-state index in [9.17, 15) is 4.79 Å². The molecular weight excluding hydrogens is 220 g/mol. The van der Waals surface area contributed by atoms with Crippen molar-refractivity contribution in [2.75, 3.05) is 14.2 Å². The highest BCUT2D eigenvalue weighted by molar-refractivity contribution is 5.72. The first-order valence-corrected chi connectivity index (χ1v) is 5.57. The van der Waals surface area contributed by atoms with Crippen LogP contribution in [0.4, 0.5) is 0 Å². The van der Waals surface area contributed by atoms with E-state index in [1.54, 1.807) is 20.3 Å². The Morgan fingerprint density at radius 1 is 1.18 bits per heavy atom. The van der Waals surface area contributed by atoms with Crippen LogP contribution in [0.25, 0.3) is 0 Å². The van der Waals surface area contributed by atoms with E-state index in [1.807, 2.05) is 6.07 Å². The quantitative estimate of drug-likeness (QED) is 0.826. The molecule has 1 aromatic rings. The largest absolute Gasteiger partial charge is 0.496 e. The molecule has 1 N–H and O–H groups in total. The second kappa shape index (κ2) is 6.13. The van der Waals surface area contributed by atoms with Crippen molar-refractivity contribution < 1.29 is 19.4 Å². The molecule has 94 valence electrons. The van der Waals surface area contributed by atoms with Crippen molar-refractivity contribution in [3.05, 3.63) is 23.3 Å². The summed E-state index contributed by atoms with van der Waals surface area (Å²) in [6.07, 6.45) is 1.82. The van der Waals surface area contributed by atoms with Crippen LogP contribution in [0.3, 0.4) is 0 Å². The topological polar surface area (TPSA) is 55.8 Å². The van der Waals surface area contributed by atoms with Gasteiger partial charge in [0.1, 0.15) is 11.5 Å². The zero-order valence-electron chi connectivity index (χ0n) is 10.4. The van der Waals surface area contributed by atoms with E-state index >= 15 is 0 Å². The number of rotatable bonds is 6. The van der Waals surface area contributed by atoms with Gasteiger partial charge in [-0.05, 0) is 24.1 Å². The molecule has 17 heavy (non-hydrogen) atoms. The molecule has 0 unspecified atom stereocenters. The maximum atomic E-state index is 10.8. The third kappa shape index (κ3) is 3.37. The van der Waals surface area contributed by atoms with E-state index in [4.69, 9.17) is 14.6 Å². The Morgan fingerprint density at radius 2 is 1.71 bits per heavy atom. The molecule has 0 heterocycles. The van der Waals surface area contributed by atoms with Crippen LogP contribution >= 0.6 is 0 Å². The maximum absolute atomic E-state index is 10.8. The van der Waals surface area contributed by atoms with Gasteiger partial charge in [0, 0.05) is 5.56 Å². The van der Waals surface area contributed by atoms with Gasteiger partial charge < -0.3 is 14.6 Å². The number of methoxy groups -OCH3 is 2. The fourth-order valence-corrected chi connectivity index (χ4v) is 1.79. The number of benzene rings is 1. The predicted octanol–water partition coefficient (Wildman–Crippen LogP) is 2.28. The van der Waals surface area contributed by atoms with Crippen LogP contribution in [-0.4, -0.2) is 25.3 Å². The lowest BCUT2D eigenvalue weighted by Gasteiger charge is -2.13. The van der Waals surface area contributed by atoms with Crippen molar-refractivity contribution >= 4 is 5.97 Å². The van der Waals surface area contributed by atoms with Crippen molar-refractivity contribution in [1.82, 2.24) is 0 Å². The van der Waals surface area contributed by atoms with E-state index in [1.165, 1.54) is 0 Å². The number of carboxylic acid groups (broad SMARTS) is 1. The van der Waals surface area contributed by atoms with Crippen LogP contribution in [0.2, 0.25) is 0 Å². The first-order chi connectivity index (χ1) is 8.12. The van der Waals surface area contributed by atoms with Crippen molar-refractivity contribution in [3.8, 4) is 11.5 Å². The summed E-state index contributed by atoms with van der Waals surface area (Å²) in [5.74, 6) is 0.453. The number of aliphatic carboxylic acids is 1. The Hall–Kier alpha value is -1.71. The van der Waals surface area contributed by atoms with E-state index in [-0.39, 0.29) is 6.42 Å². The molecule has 0 aliphatic rings. The lowest BCUT2D eigenvalue weighted by atomic mass is 10.0. The molecule has 4 heteroatoms. The molecule has 0 fully saturated rings. The SMILES string of the molecule is CCCc1cc(OC)c(CC(=O)O)cc1OC. The molecule has 0 radical (unpaired) electrons. The molecule has 0 spiro atoms. The molecule has 1 rings (SSSR count). The summed E-state index contributed by atoms with van der Waals surface area (Å²) in [5.41, 5.74) is 1.68. The second-order valence-corrected chi connectivity index (χ2v) is 3.80. The molecule has 0 atom stereocenters. The van der Waals surface area contributed by atoms with Crippen LogP contribution in [0.5, 0.6) is 11.5 Å². The van der Waals surface area contributed by atoms with E-state index in [0.717, 1.165) is 24.2 Å². The molecule has 0 aromatic heterocycles. The maximum Gasteiger partial charge on any atom is 0.307 e. The second-order valence-electron chi connectivity index (χ2n) is 3.80. The third-order valence-corrected chi connectivity index (χ3v) is 2.54. The Kier molecular flexibility index (Phi) is 4.82. The number of hydrogen-bond acceptors (Lipinski definition) is 3. The van der Waals surface area contributed by atoms with Crippen LogP contribution in [0.15, 0.2) is 12.1 Å². The molecule has 0 bridgehead atoms. The summed E-state index contributed by atoms with van der Waals surface area (Å²) in [6, 6.07) is 3.61. The zero-order chi connectivity index (χ0) is 12.8. The van der Waals surface area contributed by atoms with Gasteiger partial charge in [-0.15, -0.1) is 0 Å². The highest BCUT2D eigenvalue weighted by Crippen LogP contribution is 2.30. The van der Waals surface area contributed by atoms with E-state index in [2.05, 4.69) is 6.92 Å². The molecule has 0 saturated heterocycles. The van der Waals surface area contributed by atoms with Crippen molar-refractivity contribution in [3.63, 3.8) is 0 Å².